The van der Waals surface area contributed by atoms with E-state index in [0.29, 0.717) is 36.7 Å². The minimum atomic E-state index is -3.74. The van der Waals surface area contributed by atoms with Gasteiger partial charge in [0.25, 0.3) is 15.9 Å². The summed E-state index contributed by atoms with van der Waals surface area (Å²) in [5.41, 5.74) is 0.827. The van der Waals surface area contributed by atoms with Gasteiger partial charge < -0.3 is 10.1 Å². The molecule has 2 aromatic carbocycles. The second kappa shape index (κ2) is 10.1. The van der Waals surface area contributed by atoms with Crippen LogP contribution in [0.25, 0.3) is 0 Å². The highest BCUT2D eigenvalue weighted by atomic mass is 32.2. The van der Waals surface area contributed by atoms with Gasteiger partial charge in [-0.2, -0.15) is 5.10 Å². The number of hydrogen-bond donors (Lipinski definition) is 2. The van der Waals surface area contributed by atoms with Crippen LogP contribution in [-0.2, 0) is 16.6 Å². The Morgan fingerprint density at radius 3 is 2.45 bits per heavy atom. The van der Waals surface area contributed by atoms with E-state index >= 15 is 0 Å². The van der Waals surface area contributed by atoms with Crippen LogP contribution < -0.4 is 14.8 Å². The summed E-state index contributed by atoms with van der Waals surface area (Å²) in [6.07, 6.45) is 3.60. The maximum Gasteiger partial charge on any atom is 0.261 e. The average Bonchev–Trinajstić information content (AvgIpc) is 3.26. The Kier molecular flexibility index (Phi) is 7.30. The van der Waals surface area contributed by atoms with Crippen LogP contribution >= 0.6 is 0 Å². The van der Waals surface area contributed by atoms with Gasteiger partial charge in [-0.1, -0.05) is 6.92 Å². The average molecular weight is 443 g/mol. The largest absolute Gasteiger partial charge is 0.494 e. The minimum absolute atomic E-state index is 0.129. The van der Waals surface area contributed by atoms with Crippen molar-refractivity contribution >= 4 is 21.6 Å². The molecule has 0 fully saturated rings. The van der Waals surface area contributed by atoms with Crippen LogP contribution in [0.3, 0.4) is 0 Å². The molecule has 3 aromatic rings. The fourth-order valence-electron chi connectivity index (χ4n) is 2.95. The number of anilines is 1. The van der Waals surface area contributed by atoms with Gasteiger partial charge in [0.2, 0.25) is 0 Å². The molecule has 31 heavy (non-hydrogen) atoms. The van der Waals surface area contributed by atoms with Crippen LogP contribution in [0.15, 0.2) is 71.9 Å². The lowest BCUT2D eigenvalue weighted by Gasteiger charge is -2.13. The molecule has 0 saturated heterocycles. The fraction of sp³-hybridized carbons (Fsp3) is 0.273. The van der Waals surface area contributed by atoms with Crippen molar-refractivity contribution < 1.29 is 17.9 Å². The van der Waals surface area contributed by atoms with E-state index < -0.39 is 10.0 Å². The Balaban J connectivity index is 1.55. The van der Waals surface area contributed by atoms with Crippen LogP contribution in [0, 0.1) is 5.92 Å². The van der Waals surface area contributed by atoms with Crippen LogP contribution in [0.2, 0.25) is 0 Å². The van der Waals surface area contributed by atoms with Gasteiger partial charge in [0, 0.05) is 36.7 Å². The molecule has 1 amide bonds. The lowest BCUT2D eigenvalue weighted by Crippen LogP contribution is -2.30. The quantitative estimate of drug-likeness (QED) is 0.502. The number of hydrogen-bond acceptors (Lipinski definition) is 5. The highest BCUT2D eigenvalue weighted by molar-refractivity contribution is 7.92. The topological polar surface area (TPSA) is 102 Å². The predicted octanol–water partition coefficient (Wildman–Crippen LogP) is 3.15. The van der Waals surface area contributed by atoms with Crippen LogP contribution in [0.1, 0.15) is 24.2 Å². The van der Waals surface area contributed by atoms with Crippen molar-refractivity contribution in [1.29, 1.82) is 0 Å². The summed E-state index contributed by atoms with van der Waals surface area (Å²) in [6.45, 7) is 5.61. The van der Waals surface area contributed by atoms with E-state index in [1.807, 2.05) is 30.8 Å². The number of nitrogens with zero attached hydrogens (tertiary/aromatic N) is 2. The highest BCUT2D eigenvalue weighted by Gasteiger charge is 2.15. The molecule has 9 heteroatoms. The molecule has 0 bridgehead atoms. The SMILES string of the molecule is CCOc1ccc(S(=O)(=O)Nc2ccc(C(=O)NCC(C)Cn3cccn3)cc2)cc1. The first-order valence-electron chi connectivity index (χ1n) is 9.99. The summed E-state index contributed by atoms with van der Waals surface area (Å²) >= 11 is 0. The smallest absolute Gasteiger partial charge is 0.261 e. The second-order valence-corrected chi connectivity index (χ2v) is 8.81. The maximum absolute atomic E-state index is 12.6. The van der Waals surface area contributed by atoms with Gasteiger partial charge in [0.05, 0.1) is 11.5 Å². The zero-order chi connectivity index (χ0) is 22.3. The zero-order valence-corrected chi connectivity index (χ0v) is 18.3. The summed E-state index contributed by atoms with van der Waals surface area (Å²) in [4.78, 5) is 12.5. The Morgan fingerprint density at radius 2 is 1.84 bits per heavy atom. The van der Waals surface area contributed by atoms with Crippen molar-refractivity contribution in [3.05, 3.63) is 72.6 Å². The number of rotatable bonds is 10. The molecule has 0 aliphatic rings. The highest BCUT2D eigenvalue weighted by Crippen LogP contribution is 2.19. The van der Waals surface area contributed by atoms with E-state index in [1.54, 1.807) is 42.6 Å². The van der Waals surface area contributed by atoms with Gasteiger partial charge in [0.15, 0.2) is 0 Å². The molecule has 1 aromatic heterocycles. The van der Waals surface area contributed by atoms with Crippen molar-refractivity contribution in [2.24, 2.45) is 5.92 Å². The number of ether oxygens (including phenoxy) is 1. The standard InChI is InChI=1S/C22H26N4O4S/c1-3-30-20-9-11-21(12-10-20)31(28,29)25-19-7-5-18(6-8-19)22(27)23-15-17(2)16-26-14-4-13-24-26/h4-14,17,25H,3,15-16H2,1-2H3,(H,23,27). The number of carbonyl (C=O) groups is 1. The van der Waals surface area contributed by atoms with E-state index in [-0.39, 0.29) is 16.7 Å². The molecule has 164 valence electrons. The summed E-state index contributed by atoms with van der Waals surface area (Å²) in [5, 5.41) is 7.05. The van der Waals surface area contributed by atoms with E-state index in [4.69, 9.17) is 4.74 Å². The Labute approximate surface area is 182 Å². The first-order chi connectivity index (χ1) is 14.9. The maximum atomic E-state index is 12.6. The molecule has 0 saturated carbocycles. The number of nitrogens with one attached hydrogen (secondary N) is 2. The fourth-order valence-corrected chi connectivity index (χ4v) is 4.01. The van der Waals surface area contributed by atoms with Crippen LogP contribution in [0.4, 0.5) is 5.69 Å². The summed E-state index contributed by atoms with van der Waals surface area (Å²) in [7, 11) is -3.74. The molecule has 3 rings (SSSR count). The summed E-state index contributed by atoms with van der Waals surface area (Å²) < 4.78 is 34.8. The van der Waals surface area contributed by atoms with Crippen LogP contribution in [-0.4, -0.2) is 37.3 Å². The van der Waals surface area contributed by atoms with E-state index in [1.165, 1.54) is 12.1 Å². The van der Waals surface area contributed by atoms with Crippen molar-refractivity contribution in [3.8, 4) is 5.75 Å². The van der Waals surface area contributed by atoms with Gasteiger partial charge in [-0.05, 0) is 67.4 Å². The van der Waals surface area contributed by atoms with Crippen molar-refractivity contribution in [2.75, 3.05) is 17.9 Å². The molecule has 0 aliphatic carbocycles. The van der Waals surface area contributed by atoms with Gasteiger partial charge in [-0.3, -0.25) is 14.2 Å². The van der Waals surface area contributed by atoms with Gasteiger partial charge in [-0.15, -0.1) is 0 Å². The third-order valence-corrected chi connectivity index (χ3v) is 5.91. The third-order valence-electron chi connectivity index (χ3n) is 4.51. The number of amides is 1. The normalized spacial score (nSPS) is 12.2. The zero-order valence-electron chi connectivity index (χ0n) is 17.5. The Hall–Kier alpha value is -3.33. The van der Waals surface area contributed by atoms with Crippen molar-refractivity contribution in [3.63, 3.8) is 0 Å². The Morgan fingerprint density at radius 1 is 1.13 bits per heavy atom. The summed E-state index contributed by atoms with van der Waals surface area (Å²) in [5.74, 6) is 0.605. The lowest BCUT2D eigenvalue weighted by atomic mass is 10.1. The van der Waals surface area contributed by atoms with Gasteiger partial charge in [0.1, 0.15) is 5.75 Å². The van der Waals surface area contributed by atoms with Gasteiger partial charge in [-0.25, -0.2) is 8.42 Å². The van der Waals surface area contributed by atoms with Crippen molar-refractivity contribution in [1.82, 2.24) is 15.1 Å². The number of carbonyl (C=O) groups excluding carboxylic acids is 1. The Bertz CT molecular complexity index is 1080. The monoisotopic (exact) mass is 442 g/mol. The molecule has 1 atom stereocenters. The number of benzene rings is 2. The molecule has 0 radical (unpaired) electrons. The molecule has 2 N–H and O–H groups in total. The number of sulfonamides is 1. The van der Waals surface area contributed by atoms with Gasteiger partial charge >= 0.3 is 0 Å². The first-order valence-corrected chi connectivity index (χ1v) is 11.5. The first kappa shape index (κ1) is 22.4. The predicted molar refractivity (Wildman–Crippen MR) is 119 cm³/mol. The van der Waals surface area contributed by atoms with Crippen molar-refractivity contribution in [2.45, 2.75) is 25.3 Å². The molecular weight excluding hydrogens is 416 g/mol. The van der Waals surface area contributed by atoms with E-state index in [0.717, 1.165) is 0 Å². The molecule has 0 spiro atoms. The molecule has 8 nitrogen and oxygen atoms in total. The third kappa shape index (κ3) is 6.32. The van der Waals surface area contributed by atoms with E-state index in [2.05, 4.69) is 15.1 Å². The molecule has 0 aliphatic heterocycles. The number of aromatic nitrogens is 2. The van der Waals surface area contributed by atoms with Crippen LogP contribution in [0.5, 0.6) is 5.75 Å². The molecule has 1 unspecified atom stereocenters. The lowest BCUT2D eigenvalue weighted by molar-refractivity contribution is 0.0946. The molecule has 1 heterocycles. The van der Waals surface area contributed by atoms with E-state index in [9.17, 15) is 13.2 Å². The molecular formula is C22H26N4O4S. The summed E-state index contributed by atoms with van der Waals surface area (Å²) in [6, 6.07) is 14.4. The minimum Gasteiger partial charge on any atom is -0.494 e. The second-order valence-electron chi connectivity index (χ2n) is 7.13.